The van der Waals surface area contributed by atoms with Gasteiger partial charge in [0.2, 0.25) is 0 Å². The normalized spacial score (nSPS) is 27.3. The van der Waals surface area contributed by atoms with E-state index in [9.17, 15) is 0 Å². The van der Waals surface area contributed by atoms with Gasteiger partial charge in [-0.25, -0.2) is 0 Å². The van der Waals surface area contributed by atoms with E-state index < -0.39 is 0 Å². The van der Waals surface area contributed by atoms with Crippen molar-refractivity contribution in [3.05, 3.63) is 0 Å². The number of hydrogen-bond donors (Lipinski definition) is 1. The van der Waals surface area contributed by atoms with Gasteiger partial charge in [0.25, 0.3) is 0 Å². The molecule has 0 radical (unpaired) electrons. The first kappa shape index (κ1) is 8.02. The first-order valence-corrected chi connectivity index (χ1v) is 4.07. The maximum atomic E-state index is 5.27. The summed E-state index contributed by atoms with van der Waals surface area (Å²) in [4.78, 5) is 0. The van der Waals surface area contributed by atoms with Crippen molar-refractivity contribution in [3.8, 4) is 0 Å². The second kappa shape index (κ2) is 3.94. The van der Waals surface area contributed by atoms with E-state index in [-0.39, 0.29) is 0 Å². The first-order valence-electron chi connectivity index (χ1n) is 4.07. The Kier molecular flexibility index (Phi) is 3.16. The fourth-order valence-electron chi connectivity index (χ4n) is 1.44. The van der Waals surface area contributed by atoms with Gasteiger partial charge in [-0.15, -0.1) is 0 Å². The molecule has 1 aliphatic heterocycles. The van der Waals surface area contributed by atoms with Crippen molar-refractivity contribution in [3.63, 3.8) is 0 Å². The lowest BCUT2D eigenvalue weighted by atomic mass is 9.97. The summed E-state index contributed by atoms with van der Waals surface area (Å²) in [5.41, 5.74) is 0. The van der Waals surface area contributed by atoms with Crippen LogP contribution in [0.25, 0.3) is 0 Å². The van der Waals surface area contributed by atoms with E-state index in [0.29, 0.717) is 0 Å². The highest BCUT2D eigenvalue weighted by molar-refractivity contribution is 4.65. The van der Waals surface area contributed by atoms with Crippen LogP contribution >= 0.6 is 0 Å². The van der Waals surface area contributed by atoms with Gasteiger partial charge in [-0.2, -0.15) is 0 Å². The van der Waals surface area contributed by atoms with Crippen LogP contribution in [-0.4, -0.2) is 19.9 Å². The van der Waals surface area contributed by atoms with Gasteiger partial charge in [0, 0.05) is 6.54 Å². The van der Waals surface area contributed by atoms with Gasteiger partial charge in [-0.3, -0.25) is 5.32 Å². The predicted molar refractivity (Wildman–Crippen MR) is 41.8 cm³/mol. The van der Waals surface area contributed by atoms with Crippen LogP contribution < -0.4 is 5.32 Å². The summed E-state index contributed by atoms with van der Waals surface area (Å²) >= 11 is 0. The summed E-state index contributed by atoms with van der Waals surface area (Å²) in [6.07, 6.45) is 1.28. The average molecular weight is 143 g/mol. The predicted octanol–water partition coefficient (Wildman–Crippen LogP) is 1.23. The third kappa shape index (κ3) is 2.67. The second-order valence-electron chi connectivity index (χ2n) is 3.46. The minimum atomic E-state index is 0.744. The Bertz CT molecular complexity index is 87.3. The molecule has 1 rings (SSSR count). The van der Waals surface area contributed by atoms with E-state index in [0.717, 1.165) is 31.7 Å². The molecule has 1 heterocycles. The van der Waals surface area contributed by atoms with Gasteiger partial charge in [0.1, 0.15) is 0 Å². The minimum Gasteiger partial charge on any atom is -0.366 e. The van der Waals surface area contributed by atoms with Crippen LogP contribution in [0.5, 0.6) is 0 Å². The molecule has 0 aromatic rings. The smallest absolute Gasteiger partial charge is 0.0965 e. The largest absolute Gasteiger partial charge is 0.366 e. The summed E-state index contributed by atoms with van der Waals surface area (Å²) in [6, 6.07) is 0. The summed E-state index contributed by atoms with van der Waals surface area (Å²) in [5.74, 6) is 1.54. The van der Waals surface area contributed by atoms with Crippen LogP contribution in [0.1, 0.15) is 20.3 Å². The summed E-state index contributed by atoms with van der Waals surface area (Å²) < 4.78 is 5.27. The Morgan fingerprint density at radius 3 is 2.90 bits per heavy atom. The van der Waals surface area contributed by atoms with Crippen molar-refractivity contribution >= 4 is 0 Å². The molecule has 2 heteroatoms. The van der Waals surface area contributed by atoms with E-state index in [2.05, 4.69) is 19.2 Å². The number of ether oxygens (including phenoxy) is 1. The van der Waals surface area contributed by atoms with Crippen LogP contribution in [0.3, 0.4) is 0 Å². The van der Waals surface area contributed by atoms with E-state index in [1.165, 1.54) is 6.42 Å². The molecule has 1 unspecified atom stereocenters. The highest BCUT2D eigenvalue weighted by Gasteiger charge is 2.13. The zero-order chi connectivity index (χ0) is 7.40. The van der Waals surface area contributed by atoms with Crippen molar-refractivity contribution in [2.24, 2.45) is 11.8 Å². The monoisotopic (exact) mass is 143 g/mol. The third-order valence-electron chi connectivity index (χ3n) is 1.80. The highest BCUT2D eigenvalue weighted by atomic mass is 16.5. The van der Waals surface area contributed by atoms with Crippen LogP contribution in [0.15, 0.2) is 0 Å². The maximum absolute atomic E-state index is 5.27. The van der Waals surface area contributed by atoms with Gasteiger partial charge in [0.15, 0.2) is 0 Å². The lowest BCUT2D eigenvalue weighted by molar-refractivity contribution is 0.0390. The van der Waals surface area contributed by atoms with Gasteiger partial charge in [-0.1, -0.05) is 13.8 Å². The average Bonchev–Trinajstić information content (AvgIpc) is 1.88. The van der Waals surface area contributed by atoms with Crippen LogP contribution in [0.4, 0.5) is 0 Å². The van der Waals surface area contributed by atoms with Crippen LogP contribution in [-0.2, 0) is 4.74 Å². The minimum absolute atomic E-state index is 0.744. The topological polar surface area (TPSA) is 21.3 Å². The molecule has 10 heavy (non-hydrogen) atoms. The molecule has 0 spiro atoms. The van der Waals surface area contributed by atoms with Gasteiger partial charge < -0.3 is 4.74 Å². The van der Waals surface area contributed by atoms with E-state index in [4.69, 9.17) is 4.74 Å². The molecule has 0 aromatic carbocycles. The Morgan fingerprint density at radius 2 is 2.40 bits per heavy atom. The Hall–Kier alpha value is -0.0800. The van der Waals surface area contributed by atoms with E-state index in [1.807, 2.05) is 0 Å². The van der Waals surface area contributed by atoms with Gasteiger partial charge in [0.05, 0.1) is 13.3 Å². The molecule has 2 nitrogen and oxygen atoms in total. The van der Waals surface area contributed by atoms with E-state index >= 15 is 0 Å². The fraction of sp³-hybridized carbons (Fsp3) is 1.00. The Labute approximate surface area is 63.0 Å². The molecule has 1 fully saturated rings. The van der Waals surface area contributed by atoms with Crippen molar-refractivity contribution < 1.29 is 4.74 Å². The van der Waals surface area contributed by atoms with Crippen molar-refractivity contribution in [2.45, 2.75) is 20.3 Å². The van der Waals surface area contributed by atoms with Gasteiger partial charge in [-0.05, 0) is 18.3 Å². The molecule has 1 N–H and O–H groups in total. The van der Waals surface area contributed by atoms with E-state index in [1.54, 1.807) is 0 Å². The lowest BCUT2D eigenvalue weighted by Crippen LogP contribution is -2.35. The van der Waals surface area contributed by atoms with Crippen molar-refractivity contribution in [2.75, 3.05) is 19.9 Å². The quantitative estimate of drug-likeness (QED) is 0.627. The zero-order valence-corrected chi connectivity index (χ0v) is 6.89. The second-order valence-corrected chi connectivity index (χ2v) is 3.46. The molecule has 60 valence electrons. The first-order chi connectivity index (χ1) is 4.79. The lowest BCUT2D eigenvalue weighted by Gasteiger charge is -2.24. The maximum Gasteiger partial charge on any atom is 0.0965 e. The molecule has 0 saturated carbocycles. The molecule has 1 aliphatic rings. The molecule has 0 aliphatic carbocycles. The summed E-state index contributed by atoms with van der Waals surface area (Å²) in [5, 5.41) is 3.22. The third-order valence-corrected chi connectivity index (χ3v) is 1.80. The van der Waals surface area contributed by atoms with Crippen molar-refractivity contribution in [1.29, 1.82) is 0 Å². The summed E-state index contributed by atoms with van der Waals surface area (Å²) in [6.45, 7) is 7.35. The van der Waals surface area contributed by atoms with Crippen LogP contribution in [0, 0.1) is 11.8 Å². The molecule has 0 aromatic heterocycles. The highest BCUT2D eigenvalue weighted by Crippen LogP contribution is 2.12. The molecule has 0 bridgehead atoms. The molecule has 1 atom stereocenters. The number of nitrogens with one attached hydrogen (secondary N) is 1. The number of rotatable bonds is 2. The SMILES string of the molecule is CC(C)CC1CNCOC1. The standard InChI is InChI=1S/C8H17NO/c1-7(2)3-8-4-9-6-10-5-8/h7-9H,3-6H2,1-2H3. The fourth-order valence-corrected chi connectivity index (χ4v) is 1.44. The molecular formula is C8H17NO. The molecule has 1 saturated heterocycles. The molecule has 0 amide bonds. The Balaban J connectivity index is 2.13. The van der Waals surface area contributed by atoms with Crippen molar-refractivity contribution in [1.82, 2.24) is 5.32 Å². The Morgan fingerprint density at radius 1 is 1.60 bits per heavy atom. The van der Waals surface area contributed by atoms with Gasteiger partial charge >= 0.3 is 0 Å². The summed E-state index contributed by atoms with van der Waals surface area (Å²) in [7, 11) is 0. The van der Waals surface area contributed by atoms with Crippen LogP contribution in [0.2, 0.25) is 0 Å². The zero-order valence-electron chi connectivity index (χ0n) is 6.89. The number of hydrogen-bond acceptors (Lipinski definition) is 2. The molecular weight excluding hydrogens is 126 g/mol.